The number of aliphatic hydroxyl groups is 1. The number of rotatable bonds is 8. The van der Waals surface area contributed by atoms with Gasteiger partial charge in [0.1, 0.15) is 6.04 Å². The number of carboxylic acids is 1. The quantitative estimate of drug-likeness (QED) is 0.355. The Kier molecular flexibility index (Phi) is 7.95. The number of carbonyl (C=O) groups is 1. The van der Waals surface area contributed by atoms with Crippen molar-refractivity contribution in [2.24, 2.45) is 0 Å². The molecule has 7 nitrogen and oxygen atoms in total. The van der Waals surface area contributed by atoms with Crippen molar-refractivity contribution in [2.45, 2.75) is 19.5 Å². The Balaban J connectivity index is 0.00000306. The van der Waals surface area contributed by atoms with Gasteiger partial charge in [0.2, 0.25) is 11.8 Å². The molecule has 0 unspecified atom stereocenters. The lowest BCUT2D eigenvalue weighted by Gasteiger charge is -2.11. The lowest BCUT2D eigenvalue weighted by molar-refractivity contribution is -0.140. The van der Waals surface area contributed by atoms with Crippen molar-refractivity contribution in [2.75, 3.05) is 6.61 Å². The third-order valence-electron chi connectivity index (χ3n) is 5.28. The normalized spacial score (nSPS) is 11.6. The van der Waals surface area contributed by atoms with E-state index in [0.717, 1.165) is 33.4 Å². The summed E-state index contributed by atoms with van der Waals surface area (Å²) in [7, 11) is 0. The van der Waals surface area contributed by atoms with E-state index >= 15 is 0 Å². The third kappa shape index (κ3) is 5.46. The van der Waals surface area contributed by atoms with E-state index in [1.807, 2.05) is 61.5 Å². The number of aliphatic carboxylic acids is 1. The lowest BCUT2D eigenvalue weighted by atomic mass is 9.96. The summed E-state index contributed by atoms with van der Waals surface area (Å²) in [4.78, 5) is 11.1. The van der Waals surface area contributed by atoms with E-state index in [9.17, 15) is 4.79 Å². The Labute approximate surface area is 197 Å². The van der Waals surface area contributed by atoms with Crippen LogP contribution in [-0.2, 0) is 11.3 Å². The summed E-state index contributed by atoms with van der Waals surface area (Å²) in [6.45, 7) is 1.84. The standard InChI is InChI=1S/C25H23N3O4.ClH/c1-16-20(18-8-3-2-4-9-18)11-6-12-21(16)24-28-27-23(32-24)19-10-5-7-17(13-19)14-26-22(15-29)25(30)31;/h2-13,22,26,29H,14-15H2,1H3,(H,30,31);1H/t22-;/m0./s1. The van der Waals surface area contributed by atoms with Gasteiger partial charge < -0.3 is 14.6 Å². The highest BCUT2D eigenvalue weighted by molar-refractivity contribution is 5.85. The predicted octanol–water partition coefficient (Wildman–Crippen LogP) is 4.34. The van der Waals surface area contributed by atoms with Gasteiger partial charge in [0.05, 0.1) is 6.61 Å². The maximum atomic E-state index is 11.1. The second-order valence-electron chi connectivity index (χ2n) is 7.41. The number of aliphatic hydroxyl groups excluding tert-OH is 1. The van der Waals surface area contributed by atoms with E-state index in [-0.39, 0.29) is 19.0 Å². The Bertz CT molecular complexity index is 1230. The largest absolute Gasteiger partial charge is 0.480 e. The molecule has 0 fully saturated rings. The topological polar surface area (TPSA) is 108 Å². The Morgan fingerprint density at radius 3 is 2.33 bits per heavy atom. The van der Waals surface area contributed by atoms with E-state index in [1.165, 1.54) is 0 Å². The van der Waals surface area contributed by atoms with Crippen LogP contribution in [0.5, 0.6) is 0 Å². The molecule has 0 aliphatic rings. The van der Waals surface area contributed by atoms with Crippen molar-refractivity contribution in [3.05, 3.63) is 83.9 Å². The summed E-state index contributed by atoms with van der Waals surface area (Å²) in [5.41, 5.74) is 5.72. The van der Waals surface area contributed by atoms with Crippen LogP contribution in [0.1, 0.15) is 11.1 Å². The highest BCUT2D eigenvalue weighted by Gasteiger charge is 2.17. The van der Waals surface area contributed by atoms with Gasteiger partial charge in [-0.2, -0.15) is 0 Å². The van der Waals surface area contributed by atoms with Crippen LogP contribution < -0.4 is 5.32 Å². The molecule has 0 saturated heterocycles. The monoisotopic (exact) mass is 465 g/mol. The third-order valence-corrected chi connectivity index (χ3v) is 5.28. The minimum atomic E-state index is -1.10. The number of aromatic nitrogens is 2. The van der Waals surface area contributed by atoms with Crippen LogP contribution in [0.25, 0.3) is 34.0 Å². The van der Waals surface area contributed by atoms with Crippen LogP contribution >= 0.6 is 12.4 Å². The second-order valence-corrected chi connectivity index (χ2v) is 7.41. The van der Waals surface area contributed by atoms with Gasteiger partial charge in [0.15, 0.2) is 0 Å². The van der Waals surface area contributed by atoms with Crippen molar-refractivity contribution in [3.63, 3.8) is 0 Å². The molecule has 8 heteroatoms. The fourth-order valence-electron chi connectivity index (χ4n) is 3.53. The van der Waals surface area contributed by atoms with Crippen LogP contribution in [0.2, 0.25) is 0 Å². The maximum Gasteiger partial charge on any atom is 0.323 e. The summed E-state index contributed by atoms with van der Waals surface area (Å²) < 4.78 is 5.99. The Morgan fingerprint density at radius 1 is 0.939 bits per heavy atom. The molecule has 1 aromatic heterocycles. The van der Waals surface area contributed by atoms with E-state index in [0.29, 0.717) is 11.8 Å². The molecule has 0 amide bonds. The first-order valence-electron chi connectivity index (χ1n) is 10.2. The number of nitrogens with one attached hydrogen (secondary N) is 1. The van der Waals surface area contributed by atoms with Crippen LogP contribution in [0.15, 0.2) is 77.2 Å². The summed E-state index contributed by atoms with van der Waals surface area (Å²) in [6.07, 6.45) is 0. The summed E-state index contributed by atoms with van der Waals surface area (Å²) in [6, 6.07) is 22.5. The van der Waals surface area contributed by atoms with E-state index < -0.39 is 18.6 Å². The molecule has 170 valence electrons. The average molecular weight is 466 g/mol. The molecule has 3 aromatic carbocycles. The zero-order chi connectivity index (χ0) is 22.5. The van der Waals surface area contributed by atoms with Gasteiger partial charge in [-0.15, -0.1) is 22.6 Å². The molecular weight excluding hydrogens is 442 g/mol. The van der Waals surface area contributed by atoms with E-state index in [2.05, 4.69) is 33.7 Å². The van der Waals surface area contributed by atoms with Gasteiger partial charge >= 0.3 is 5.97 Å². The van der Waals surface area contributed by atoms with Crippen LogP contribution in [0.3, 0.4) is 0 Å². The fraction of sp³-hybridized carbons (Fsp3) is 0.160. The van der Waals surface area contributed by atoms with Gasteiger partial charge in [-0.25, -0.2) is 0 Å². The molecule has 0 radical (unpaired) electrons. The van der Waals surface area contributed by atoms with Gasteiger partial charge in [-0.1, -0.05) is 54.6 Å². The van der Waals surface area contributed by atoms with Crippen molar-refractivity contribution in [1.82, 2.24) is 15.5 Å². The molecule has 1 atom stereocenters. The molecule has 1 heterocycles. The summed E-state index contributed by atoms with van der Waals surface area (Å²) in [5, 5.41) is 29.5. The van der Waals surface area contributed by atoms with Crippen molar-refractivity contribution >= 4 is 18.4 Å². The minimum Gasteiger partial charge on any atom is -0.480 e. The summed E-state index contributed by atoms with van der Waals surface area (Å²) in [5.74, 6) is -0.286. The van der Waals surface area contributed by atoms with Gasteiger partial charge in [0, 0.05) is 17.7 Å². The molecular formula is C25H24ClN3O4. The van der Waals surface area contributed by atoms with Gasteiger partial charge in [0.25, 0.3) is 0 Å². The molecule has 3 N–H and O–H groups in total. The highest BCUT2D eigenvalue weighted by atomic mass is 35.5. The van der Waals surface area contributed by atoms with Crippen LogP contribution in [0.4, 0.5) is 0 Å². The fourth-order valence-corrected chi connectivity index (χ4v) is 3.53. The van der Waals surface area contributed by atoms with Crippen LogP contribution in [-0.4, -0.2) is 39.0 Å². The lowest BCUT2D eigenvalue weighted by Crippen LogP contribution is -2.39. The highest BCUT2D eigenvalue weighted by Crippen LogP contribution is 2.32. The predicted molar refractivity (Wildman–Crippen MR) is 128 cm³/mol. The second kappa shape index (κ2) is 10.9. The number of hydrogen-bond acceptors (Lipinski definition) is 6. The SMILES string of the molecule is Cc1c(-c2ccccc2)cccc1-c1nnc(-c2cccc(CN[C@@H](CO)C(=O)O)c2)o1.Cl. The summed E-state index contributed by atoms with van der Waals surface area (Å²) >= 11 is 0. The smallest absolute Gasteiger partial charge is 0.323 e. The first-order valence-corrected chi connectivity index (χ1v) is 10.2. The number of benzene rings is 3. The Morgan fingerprint density at radius 2 is 1.61 bits per heavy atom. The van der Waals surface area contributed by atoms with Gasteiger partial charge in [-0.3, -0.25) is 10.1 Å². The minimum absolute atomic E-state index is 0. The molecule has 0 aliphatic carbocycles. The van der Waals surface area contributed by atoms with Crippen molar-refractivity contribution in [3.8, 4) is 34.0 Å². The zero-order valence-electron chi connectivity index (χ0n) is 17.9. The molecule has 4 rings (SSSR count). The van der Waals surface area contributed by atoms with E-state index in [4.69, 9.17) is 14.6 Å². The average Bonchev–Trinajstić information content (AvgIpc) is 3.30. The zero-order valence-corrected chi connectivity index (χ0v) is 18.7. The number of hydrogen-bond donors (Lipinski definition) is 3. The number of nitrogens with zero attached hydrogens (tertiary/aromatic N) is 2. The molecule has 4 aromatic rings. The van der Waals surface area contributed by atoms with Crippen LogP contribution in [0, 0.1) is 6.92 Å². The molecule has 0 spiro atoms. The molecule has 0 bridgehead atoms. The maximum absolute atomic E-state index is 11.1. The van der Waals surface area contributed by atoms with Crippen molar-refractivity contribution in [1.29, 1.82) is 0 Å². The molecule has 33 heavy (non-hydrogen) atoms. The van der Waals surface area contributed by atoms with Crippen molar-refractivity contribution < 1.29 is 19.4 Å². The molecule has 0 aliphatic heterocycles. The van der Waals surface area contributed by atoms with Gasteiger partial charge in [-0.05, 0) is 47.4 Å². The first-order chi connectivity index (χ1) is 15.6. The first kappa shape index (κ1) is 24.1. The number of halogens is 1. The Hall–Kier alpha value is -3.52. The van der Waals surface area contributed by atoms with E-state index in [1.54, 1.807) is 0 Å². The number of carboxylic acid groups (broad SMARTS) is 1. The molecule has 0 saturated carbocycles.